The molecule has 152 valence electrons. The molecule has 7 heteroatoms. The number of methoxy groups -OCH3 is 2. The van der Waals surface area contributed by atoms with Gasteiger partial charge in [0.1, 0.15) is 12.4 Å². The van der Waals surface area contributed by atoms with Gasteiger partial charge in [-0.05, 0) is 24.3 Å². The monoisotopic (exact) mass is 397 g/mol. The molecule has 0 atom stereocenters. The number of benzene rings is 2. The molecule has 0 radical (unpaired) electrons. The number of hydrogen-bond acceptors (Lipinski definition) is 6. The lowest BCUT2D eigenvalue weighted by atomic mass is 10.0. The third-order valence-electron chi connectivity index (χ3n) is 4.36. The third kappa shape index (κ3) is 5.01. The van der Waals surface area contributed by atoms with Crippen LogP contribution in [-0.2, 0) is 19.0 Å². The Bertz CT molecular complexity index is 921. The van der Waals surface area contributed by atoms with Gasteiger partial charge in [0.05, 0.1) is 32.5 Å². The smallest absolute Gasteiger partial charge is 0.337 e. The first-order chi connectivity index (χ1) is 14.1. The Morgan fingerprint density at radius 1 is 1.03 bits per heavy atom. The highest BCUT2D eigenvalue weighted by Crippen LogP contribution is 2.35. The summed E-state index contributed by atoms with van der Waals surface area (Å²) in [4.78, 5) is 24.2. The number of hydrogen-bond donors (Lipinski definition) is 1. The molecular formula is C22H23NO6. The molecule has 0 aromatic heterocycles. The van der Waals surface area contributed by atoms with E-state index in [-0.39, 0.29) is 5.91 Å². The molecule has 7 nitrogen and oxygen atoms in total. The number of fused-ring (bicyclic) bond motifs is 1. The first-order valence-electron chi connectivity index (χ1n) is 9.18. The zero-order valence-corrected chi connectivity index (χ0v) is 16.4. The van der Waals surface area contributed by atoms with Gasteiger partial charge in [0.15, 0.2) is 0 Å². The Kier molecular flexibility index (Phi) is 6.99. The van der Waals surface area contributed by atoms with E-state index in [9.17, 15) is 9.59 Å². The molecule has 0 bridgehead atoms. The van der Waals surface area contributed by atoms with E-state index in [1.54, 1.807) is 31.4 Å². The van der Waals surface area contributed by atoms with Crippen LogP contribution in [0, 0.1) is 0 Å². The van der Waals surface area contributed by atoms with Crippen LogP contribution in [0.1, 0.15) is 21.5 Å². The Balaban J connectivity index is 1.77. The van der Waals surface area contributed by atoms with Gasteiger partial charge >= 0.3 is 5.97 Å². The maximum atomic E-state index is 12.5. The van der Waals surface area contributed by atoms with E-state index < -0.39 is 5.97 Å². The molecule has 2 aromatic carbocycles. The van der Waals surface area contributed by atoms with E-state index in [1.807, 2.05) is 24.3 Å². The summed E-state index contributed by atoms with van der Waals surface area (Å²) in [7, 11) is 2.94. The topological polar surface area (TPSA) is 83.1 Å². The van der Waals surface area contributed by atoms with E-state index in [2.05, 4.69) is 5.32 Å². The largest absolute Gasteiger partial charge is 0.491 e. The lowest BCUT2D eigenvalue weighted by molar-refractivity contribution is -0.110. The minimum Gasteiger partial charge on any atom is -0.491 e. The number of rotatable bonds is 9. The summed E-state index contributed by atoms with van der Waals surface area (Å²) in [5, 5.41) is 2.79. The quantitative estimate of drug-likeness (QED) is 0.398. The Labute approximate surface area is 169 Å². The standard InChI is InChI=1S/C22H23NO6/c1-26-9-10-28-11-12-29-20-6-4-3-5-15(20)13-18-17-8-7-16(22(25)27-2)14-19(17)23-21(18)24/h3-8,13-14H,9-12H2,1-2H3,(H,23,24)/b18-13+. The molecule has 0 saturated heterocycles. The van der Waals surface area contributed by atoms with Gasteiger partial charge in [0.25, 0.3) is 5.91 Å². The first-order valence-corrected chi connectivity index (χ1v) is 9.18. The van der Waals surface area contributed by atoms with E-state index >= 15 is 0 Å². The van der Waals surface area contributed by atoms with Crippen LogP contribution in [0.3, 0.4) is 0 Å². The summed E-state index contributed by atoms with van der Waals surface area (Å²) in [6, 6.07) is 12.4. The van der Waals surface area contributed by atoms with Crippen LogP contribution < -0.4 is 10.1 Å². The maximum Gasteiger partial charge on any atom is 0.337 e. The molecule has 3 rings (SSSR count). The molecule has 0 aliphatic carbocycles. The van der Waals surface area contributed by atoms with Crippen LogP contribution in [0.2, 0.25) is 0 Å². The van der Waals surface area contributed by atoms with Crippen molar-refractivity contribution in [2.75, 3.05) is 46.0 Å². The highest BCUT2D eigenvalue weighted by molar-refractivity contribution is 6.35. The zero-order chi connectivity index (χ0) is 20.6. The van der Waals surface area contributed by atoms with Crippen molar-refractivity contribution in [1.29, 1.82) is 0 Å². The number of esters is 1. The number of para-hydroxylation sites is 1. The molecular weight excluding hydrogens is 374 g/mol. The average Bonchev–Trinajstić information content (AvgIpc) is 3.05. The SMILES string of the molecule is COCCOCCOc1ccccc1/C=C1/C(=O)Nc2cc(C(=O)OC)ccc21. The van der Waals surface area contributed by atoms with Crippen molar-refractivity contribution in [2.45, 2.75) is 0 Å². The lowest BCUT2D eigenvalue weighted by Crippen LogP contribution is -2.10. The molecule has 0 saturated carbocycles. The van der Waals surface area contributed by atoms with Crippen LogP contribution in [0.15, 0.2) is 42.5 Å². The molecule has 1 N–H and O–H groups in total. The fourth-order valence-corrected chi connectivity index (χ4v) is 2.92. The average molecular weight is 397 g/mol. The summed E-state index contributed by atoms with van der Waals surface area (Å²) in [6.45, 7) is 1.87. The second-order valence-corrected chi connectivity index (χ2v) is 6.26. The summed E-state index contributed by atoms with van der Waals surface area (Å²) < 4.78 is 20.9. The molecule has 0 spiro atoms. The van der Waals surface area contributed by atoms with Crippen molar-refractivity contribution >= 4 is 29.2 Å². The van der Waals surface area contributed by atoms with Gasteiger partial charge in [-0.25, -0.2) is 4.79 Å². The lowest BCUT2D eigenvalue weighted by Gasteiger charge is -2.10. The van der Waals surface area contributed by atoms with Crippen molar-refractivity contribution in [2.24, 2.45) is 0 Å². The molecule has 29 heavy (non-hydrogen) atoms. The fourth-order valence-electron chi connectivity index (χ4n) is 2.92. The van der Waals surface area contributed by atoms with Gasteiger partial charge in [-0.2, -0.15) is 0 Å². The summed E-state index contributed by atoms with van der Waals surface area (Å²) in [5.74, 6) is -0.0339. The van der Waals surface area contributed by atoms with Crippen LogP contribution >= 0.6 is 0 Å². The minimum atomic E-state index is -0.453. The molecule has 1 aliphatic rings. The van der Waals surface area contributed by atoms with Crippen molar-refractivity contribution in [1.82, 2.24) is 0 Å². The number of anilines is 1. The van der Waals surface area contributed by atoms with Crippen LogP contribution in [0.5, 0.6) is 5.75 Å². The van der Waals surface area contributed by atoms with E-state index in [0.29, 0.717) is 49.0 Å². The normalized spacial score (nSPS) is 13.9. The van der Waals surface area contributed by atoms with Crippen molar-refractivity contribution in [3.05, 3.63) is 59.2 Å². The highest BCUT2D eigenvalue weighted by Gasteiger charge is 2.25. The molecule has 0 fully saturated rings. The van der Waals surface area contributed by atoms with E-state index in [4.69, 9.17) is 18.9 Å². The Hall–Kier alpha value is -3.16. The highest BCUT2D eigenvalue weighted by atomic mass is 16.5. The van der Waals surface area contributed by atoms with Crippen molar-refractivity contribution < 1.29 is 28.5 Å². The molecule has 1 amide bonds. The number of ether oxygens (including phenoxy) is 4. The molecule has 1 aliphatic heterocycles. The first kappa shape index (κ1) is 20.6. The third-order valence-corrected chi connectivity index (χ3v) is 4.36. The zero-order valence-electron chi connectivity index (χ0n) is 16.4. The molecule has 2 aromatic rings. The Morgan fingerprint density at radius 2 is 1.83 bits per heavy atom. The number of amides is 1. The number of nitrogens with one attached hydrogen (secondary N) is 1. The van der Waals surface area contributed by atoms with Gasteiger partial charge in [-0.3, -0.25) is 4.79 Å². The second-order valence-electron chi connectivity index (χ2n) is 6.26. The van der Waals surface area contributed by atoms with E-state index in [1.165, 1.54) is 7.11 Å². The summed E-state index contributed by atoms with van der Waals surface area (Å²) in [5.41, 5.74) is 2.96. The second kappa shape index (κ2) is 9.86. The van der Waals surface area contributed by atoms with Gasteiger partial charge < -0.3 is 24.3 Å². The number of carbonyl (C=O) groups excluding carboxylic acids is 2. The van der Waals surface area contributed by atoms with Gasteiger partial charge in [0.2, 0.25) is 0 Å². The van der Waals surface area contributed by atoms with E-state index in [0.717, 1.165) is 11.1 Å². The molecule has 0 unspecified atom stereocenters. The van der Waals surface area contributed by atoms with Crippen LogP contribution in [-0.4, -0.2) is 52.5 Å². The van der Waals surface area contributed by atoms with Crippen molar-refractivity contribution in [3.8, 4) is 5.75 Å². The van der Waals surface area contributed by atoms with Gasteiger partial charge in [0, 0.05) is 29.5 Å². The summed E-state index contributed by atoms with van der Waals surface area (Å²) in [6.07, 6.45) is 1.78. The summed E-state index contributed by atoms with van der Waals surface area (Å²) >= 11 is 0. The minimum absolute atomic E-state index is 0.236. The molecule has 1 heterocycles. The van der Waals surface area contributed by atoms with Gasteiger partial charge in [-0.15, -0.1) is 0 Å². The predicted octanol–water partition coefficient (Wildman–Crippen LogP) is 3.01. The predicted molar refractivity (Wildman–Crippen MR) is 109 cm³/mol. The van der Waals surface area contributed by atoms with Crippen LogP contribution in [0.25, 0.3) is 11.6 Å². The Morgan fingerprint density at radius 3 is 2.62 bits per heavy atom. The fraction of sp³-hybridized carbons (Fsp3) is 0.273. The maximum absolute atomic E-state index is 12.5. The van der Waals surface area contributed by atoms with Crippen LogP contribution in [0.4, 0.5) is 5.69 Å². The number of carbonyl (C=O) groups is 2. The van der Waals surface area contributed by atoms with Gasteiger partial charge in [-0.1, -0.05) is 24.3 Å². The van der Waals surface area contributed by atoms with Crippen molar-refractivity contribution in [3.63, 3.8) is 0 Å².